The average molecular weight is 535 g/mol. The summed E-state index contributed by atoms with van der Waals surface area (Å²) in [5.41, 5.74) is 6.28. The first-order chi connectivity index (χ1) is 18.1. The Morgan fingerprint density at radius 1 is 1.03 bits per heavy atom. The number of benzene rings is 2. The topological polar surface area (TPSA) is 78.3 Å². The summed E-state index contributed by atoms with van der Waals surface area (Å²) in [7, 11) is 0.134. The Bertz CT molecular complexity index is 1480. The molecule has 1 aliphatic rings. The second-order valence-corrected chi connectivity index (χ2v) is 12.6. The maximum atomic E-state index is 11.9. The summed E-state index contributed by atoms with van der Waals surface area (Å²) in [6.45, 7) is 4.13. The molecule has 1 saturated carbocycles. The van der Waals surface area contributed by atoms with Crippen molar-refractivity contribution in [1.29, 1.82) is 0 Å². The van der Waals surface area contributed by atoms with Crippen LogP contribution < -0.4 is 0 Å². The van der Waals surface area contributed by atoms with Gasteiger partial charge in [-0.05, 0) is 91.8 Å². The monoisotopic (exact) mass is 534 g/mol. The van der Waals surface area contributed by atoms with Crippen LogP contribution in [0.15, 0.2) is 59.5 Å². The number of fused-ring (bicyclic) bond motifs is 1. The molecule has 2 atom stereocenters. The van der Waals surface area contributed by atoms with Crippen LogP contribution in [0.4, 0.5) is 0 Å². The number of nitrogens with zero attached hydrogens (tertiary/aromatic N) is 2. The fourth-order valence-corrected chi connectivity index (χ4v) is 6.08. The molecule has 0 amide bonds. The highest BCUT2D eigenvalue weighted by molar-refractivity contribution is 7.90. The molecule has 1 aromatic heterocycles. The van der Waals surface area contributed by atoms with E-state index in [2.05, 4.69) is 43.3 Å². The summed E-state index contributed by atoms with van der Waals surface area (Å²) in [5, 5.41) is 0. The lowest BCUT2D eigenvalue weighted by Crippen LogP contribution is -2.09. The number of hydrogen-bond donors (Lipinski definition) is 0. The molecule has 0 saturated heterocycles. The van der Waals surface area contributed by atoms with Crippen molar-refractivity contribution in [3.63, 3.8) is 0 Å². The van der Waals surface area contributed by atoms with Gasteiger partial charge in [-0.25, -0.2) is 13.4 Å². The maximum Gasteiger partial charge on any atom is 0.305 e. The van der Waals surface area contributed by atoms with Gasteiger partial charge in [0.25, 0.3) is 0 Å². The molecule has 0 aliphatic heterocycles. The van der Waals surface area contributed by atoms with Crippen LogP contribution in [0.1, 0.15) is 75.2 Å². The smallest absolute Gasteiger partial charge is 0.305 e. The average Bonchev–Trinajstić information content (AvgIpc) is 3.06. The number of aromatic nitrogens is 2. The maximum absolute atomic E-state index is 11.9. The van der Waals surface area contributed by atoms with Gasteiger partial charge < -0.3 is 9.30 Å². The van der Waals surface area contributed by atoms with Gasteiger partial charge in [0, 0.05) is 19.7 Å². The number of esters is 1. The van der Waals surface area contributed by atoms with Crippen molar-refractivity contribution in [3.05, 3.63) is 71.6 Å². The number of imidazole rings is 1. The second-order valence-electron chi connectivity index (χ2n) is 10.6. The summed E-state index contributed by atoms with van der Waals surface area (Å²) in [6.07, 6.45) is 11.5. The molecule has 202 valence electrons. The minimum absolute atomic E-state index is 0.0957. The largest absolute Gasteiger partial charge is 0.469 e. The molecule has 2 aromatic carbocycles. The van der Waals surface area contributed by atoms with Crippen LogP contribution in [0.25, 0.3) is 22.2 Å². The molecule has 4 rings (SSSR count). The molecule has 2 unspecified atom stereocenters. The molecule has 1 aliphatic carbocycles. The van der Waals surface area contributed by atoms with Crippen LogP contribution in [-0.4, -0.2) is 37.3 Å². The number of aryl methyl sites for hydroxylation is 1. The Morgan fingerprint density at radius 3 is 2.42 bits per heavy atom. The third kappa shape index (κ3) is 6.44. The van der Waals surface area contributed by atoms with Crippen molar-refractivity contribution in [3.8, 4) is 0 Å². The molecular formula is C31H38N2O4S. The van der Waals surface area contributed by atoms with Crippen LogP contribution in [-0.2, 0) is 26.4 Å². The molecule has 1 heterocycles. The minimum atomic E-state index is -3.28. The third-order valence-corrected chi connectivity index (χ3v) is 8.94. The fourth-order valence-electron chi connectivity index (χ4n) is 5.44. The number of allylic oxidation sites excluding steroid dienone is 4. The van der Waals surface area contributed by atoms with E-state index in [1.165, 1.54) is 24.5 Å². The first-order valence-electron chi connectivity index (χ1n) is 13.3. The number of hydrogen-bond acceptors (Lipinski definition) is 5. The normalized spacial score (nSPS) is 19.4. The first-order valence-corrected chi connectivity index (χ1v) is 15.1. The highest BCUT2D eigenvalue weighted by Crippen LogP contribution is 2.36. The molecule has 3 aromatic rings. The Hall–Kier alpha value is -3.19. The van der Waals surface area contributed by atoms with E-state index in [0.29, 0.717) is 23.8 Å². The minimum Gasteiger partial charge on any atom is -0.469 e. The van der Waals surface area contributed by atoms with Crippen molar-refractivity contribution in [2.24, 2.45) is 13.0 Å². The fraction of sp³-hybridized carbons (Fsp3) is 0.419. The number of carbonyl (C=O) groups excluding carboxylic acids is 1. The standard InChI is InChI=1S/C31H38N2O4S/c1-21(9-10-22(2)31-32-28-20-27(38(5,35)36)17-18-29(28)33(31)3)24-13-15-26(16-14-24)25-8-6-7-23(11-12-25)19-30(34)37-4/h9-10,13-18,20,23,25H,6-8,11-12,19H2,1-5H3/b21-9+,22-10+. The Balaban J connectivity index is 1.46. The van der Waals surface area contributed by atoms with Crippen LogP contribution in [0, 0.1) is 5.92 Å². The van der Waals surface area contributed by atoms with E-state index in [0.717, 1.165) is 54.6 Å². The van der Waals surface area contributed by atoms with Gasteiger partial charge in [0.1, 0.15) is 5.82 Å². The molecule has 0 N–H and O–H groups in total. The van der Waals surface area contributed by atoms with Crippen molar-refractivity contribution >= 4 is 38.0 Å². The van der Waals surface area contributed by atoms with Gasteiger partial charge in [0.15, 0.2) is 9.84 Å². The summed E-state index contributed by atoms with van der Waals surface area (Å²) in [6, 6.07) is 14.0. The van der Waals surface area contributed by atoms with Crippen LogP contribution in [0.3, 0.4) is 0 Å². The van der Waals surface area contributed by atoms with Gasteiger partial charge >= 0.3 is 5.97 Å². The van der Waals surface area contributed by atoms with E-state index in [9.17, 15) is 13.2 Å². The second kappa shape index (κ2) is 11.7. The number of ether oxygens (including phenoxy) is 1. The summed E-state index contributed by atoms with van der Waals surface area (Å²) >= 11 is 0. The Morgan fingerprint density at radius 2 is 1.74 bits per heavy atom. The molecule has 0 bridgehead atoms. The zero-order valence-electron chi connectivity index (χ0n) is 23.0. The molecule has 0 radical (unpaired) electrons. The van der Waals surface area contributed by atoms with Gasteiger partial charge in [-0.1, -0.05) is 42.8 Å². The number of rotatable bonds is 7. The van der Waals surface area contributed by atoms with Crippen molar-refractivity contribution in [2.75, 3.05) is 13.4 Å². The molecule has 1 fully saturated rings. The number of carbonyl (C=O) groups is 1. The quantitative estimate of drug-likeness (QED) is 0.191. The molecule has 7 heteroatoms. The van der Waals surface area contributed by atoms with Crippen molar-refractivity contribution in [2.45, 2.75) is 63.2 Å². The van der Waals surface area contributed by atoms with Crippen molar-refractivity contribution in [1.82, 2.24) is 9.55 Å². The van der Waals surface area contributed by atoms with Gasteiger partial charge in [-0.15, -0.1) is 0 Å². The highest BCUT2D eigenvalue weighted by Gasteiger charge is 2.22. The lowest BCUT2D eigenvalue weighted by molar-refractivity contribution is -0.141. The van der Waals surface area contributed by atoms with Gasteiger partial charge in [0.2, 0.25) is 0 Å². The zero-order chi connectivity index (χ0) is 27.4. The lowest BCUT2D eigenvalue weighted by Gasteiger charge is -2.16. The molecule has 38 heavy (non-hydrogen) atoms. The van der Waals surface area contributed by atoms with E-state index in [-0.39, 0.29) is 10.9 Å². The zero-order valence-corrected chi connectivity index (χ0v) is 23.8. The van der Waals surface area contributed by atoms with E-state index >= 15 is 0 Å². The van der Waals surface area contributed by atoms with E-state index in [4.69, 9.17) is 9.72 Å². The highest BCUT2D eigenvalue weighted by atomic mass is 32.2. The summed E-state index contributed by atoms with van der Waals surface area (Å²) in [5.74, 6) is 1.69. The third-order valence-electron chi connectivity index (χ3n) is 7.83. The molecule has 0 spiro atoms. The van der Waals surface area contributed by atoms with Gasteiger partial charge in [0.05, 0.1) is 23.0 Å². The van der Waals surface area contributed by atoms with Crippen LogP contribution >= 0.6 is 0 Å². The van der Waals surface area contributed by atoms with E-state index < -0.39 is 9.84 Å². The number of sulfone groups is 1. The summed E-state index contributed by atoms with van der Waals surface area (Å²) in [4.78, 5) is 16.7. The predicted octanol–water partition coefficient (Wildman–Crippen LogP) is 6.71. The molecular weight excluding hydrogens is 496 g/mol. The first kappa shape index (κ1) is 27.8. The van der Waals surface area contributed by atoms with Crippen molar-refractivity contribution < 1.29 is 17.9 Å². The predicted molar refractivity (Wildman–Crippen MR) is 154 cm³/mol. The van der Waals surface area contributed by atoms with Gasteiger partial charge in [-0.3, -0.25) is 4.79 Å². The van der Waals surface area contributed by atoms with E-state index in [1.807, 2.05) is 24.6 Å². The number of methoxy groups -OCH3 is 1. The van der Waals surface area contributed by atoms with Crippen LogP contribution in [0.2, 0.25) is 0 Å². The van der Waals surface area contributed by atoms with Crippen LogP contribution in [0.5, 0.6) is 0 Å². The Kier molecular flexibility index (Phi) is 8.56. The SMILES string of the molecule is COC(=O)CC1CCCC(c2ccc(/C(C)=C/C=C(\C)c3nc4cc(S(C)(=O)=O)ccc4n3C)cc2)CC1. The molecule has 6 nitrogen and oxygen atoms in total. The Labute approximate surface area is 226 Å². The summed E-state index contributed by atoms with van der Waals surface area (Å²) < 4.78 is 30.7. The van der Waals surface area contributed by atoms with E-state index in [1.54, 1.807) is 12.1 Å². The lowest BCUT2D eigenvalue weighted by atomic mass is 9.89. The van der Waals surface area contributed by atoms with Gasteiger partial charge in [-0.2, -0.15) is 0 Å².